The molecule has 4 heteroatoms. The summed E-state index contributed by atoms with van der Waals surface area (Å²) in [5.41, 5.74) is 2.33. The summed E-state index contributed by atoms with van der Waals surface area (Å²) >= 11 is 0. The maximum atomic E-state index is 11.2. The molecule has 16 heavy (non-hydrogen) atoms. The number of nitrogens with one attached hydrogen (secondary N) is 1. The van der Waals surface area contributed by atoms with E-state index in [2.05, 4.69) is 5.32 Å². The van der Waals surface area contributed by atoms with E-state index in [9.17, 15) is 4.79 Å². The molecule has 0 saturated carbocycles. The van der Waals surface area contributed by atoms with Crippen molar-refractivity contribution >= 4 is 16.9 Å². The normalized spacial score (nSPS) is 10.9. The Bertz CT molecular complexity index is 543. The number of carboxylic acid groups (broad SMARTS) is 1. The summed E-state index contributed by atoms with van der Waals surface area (Å²) in [6, 6.07) is 5.35. The molecule has 0 saturated heterocycles. The third kappa shape index (κ3) is 1.57. The molecule has 0 bridgehead atoms. The highest BCUT2D eigenvalue weighted by molar-refractivity contribution is 6.04. The number of hydrogen-bond donors (Lipinski definition) is 2. The van der Waals surface area contributed by atoms with Crippen LogP contribution in [0.4, 0.5) is 0 Å². The molecule has 1 heterocycles. The van der Waals surface area contributed by atoms with Gasteiger partial charge in [0.25, 0.3) is 0 Å². The van der Waals surface area contributed by atoms with E-state index in [1.165, 1.54) is 0 Å². The highest BCUT2D eigenvalue weighted by Crippen LogP contribution is 2.24. The van der Waals surface area contributed by atoms with E-state index in [-0.39, 0.29) is 0 Å². The van der Waals surface area contributed by atoms with Gasteiger partial charge in [0.1, 0.15) is 0 Å². The Morgan fingerprint density at radius 3 is 2.88 bits per heavy atom. The summed E-state index contributed by atoms with van der Waals surface area (Å²) in [7, 11) is 3.77. The van der Waals surface area contributed by atoms with Gasteiger partial charge in [-0.15, -0.1) is 0 Å². The Hall–Kier alpha value is -1.81. The Morgan fingerprint density at radius 1 is 1.50 bits per heavy atom. The van der Waals surface area contributed by atoms with Crippen molar-refractivity contribution in [2.24, 2.45) is 7.05 Å². The summed E-state index contributed by atoms with van der Waals surface area (Å²) in [5, 5.41) is 13.0. The van der Waals surface area contributed by atoms with Gasteiger partial charge in [0.05, 0.1) is 5.56 Å². The van der Waals surface area contributed by atoms with Crippen molar-refractivity contribution in [2.75, 3.05) is 7.05 Å². The van der Waals surface area contributed by atoms with E-state index in [1.807, 2.05) is 30.9 Å². The van der Waals surface area contributed by atoms with Gasteiger partial charge >= 0.3 is 5.97 Å². The first-order chi connectivity index (χ1) is 7.65. The number of rotatable bonds is 3. The number of nitrogens with zero attached hydrogens (tertiary/aromatic N) is 1. The lowest BCUT2D eigenvalue weighted by molar-refractivity contribution is 0.0699. The van der Waals surface area contributed by atoms with E-state index in [0.29, 0.717) is 12.1 Å². The maximum Gasteiger partial charge on any atom is 0.336 e. The molecule has 0 radical (unpaired) electrons. The minimum Gasteiger partial charge on any atom is -0.478 e. The molecule has 1 aromatic carbocycles. The van der Waals surface area contributed by atoms with Gasteiger partial charge in [-0.3, -0.25) is 0 Å². The van der Waals surface area contributed by atoms with Crippen LogP contribution in [0.15, 0.2) is 24.4 Å². The molecule has 4 nitrogen and oxygen atoms in total. The van der Waals surface area contributed by atoms with Crippen LogP contribution in [0.1, 0.15) is 15.9 Å². The standard InChI is InChI=1S/C12H14N2O2/c1-13-6-8-7-14(2)10-5-3-4-9(11(8)10)12(15)16/h3-5,7,13H,6H2,1-2H3,(H,15,16). The lowest BCUT2D eigenvalue weighted by Crippen LogP contribution is -2.06. The van der Waals surface area contributed by atoms with Gasteiger partial charge in [-0.25, -0.2) is 4.79 Å². The fourth-order valence-electron chi connectivity index (χ4n) is 2.04. The molecule has 0 spiro atoms. The van der Waals surface area contributed by atoms with Gasteiger partial charge in [0, 0.05) is 30.7 Å². The second-order valence-electron chi connectivity index (χ2n) is 3.80. The molecule has 2 N–H and O–H groups in total. The summed E-state index contributed by atoms with van der Waals surface area (Å²) in [4.78, 5) is 11.2. The van der Waals surface area contributed by atoms with Crippen molar-refractivity contribution in [1.82, 2.24) is 9.88 Å². The zero-order valence-electron chi connectivity index (χ0n) is 9.32. The lowest BCUT2D eigenvalue weighted by atomic mass is 10.1. The van der Waals surface area contributed by atoms with Crippen LogP contribution < -0.4 is 5.32 Å². The molecule has 0 aliphatic rings. The predicted molar refractivity (Wildman–Crippen MR) is 62.6 cm³/mol. The Balaban J connectivity index is 2.77. The molecule has 1 aromatic heterocycles. The average Bonchev–Trinajstić information content (AvgIpc) is 2.57. The van der Waals surface area contributed by atoms with Crippen LogP contribution in [0.2, 0.25) is 0 Å². The topological polar surface area (TPSA) is 54.3 Å². The third-order valence-corrected chi connectivity index (χ3v) is 2.69. The molecule has 0 amide bonds. The van der Waals surface area contributed by atoms with Crippen LogP contribution in [0.3, 0.4) is 0 Å². The molecule has 0 aliphatic carbocycles. The lowest BCUT2D eigenvalue weighted by Gasteiger charge is -2.01. The number of aromatic carboxylic acids is 1. The van der Waals surface area contributed by atoms with Crippen LogP contribution >= 0.6 is 0 Å². The molecular weight excluding hydrogens is 204 g/mol. The van der Waals surface area contributed by atoms with E-state index in [0.717, 1.165) is 16.5 Å². The molecule has 84 valence electrons. The molecular formula is C12H14N2O2. The molecule has 0 fully saturated rings. The summed E-state index contributed by atoms with van der Waals surface area (Å²) in [6.07, 6.45) is 1.97. The molecule has 2 aromatic rings. The van der Waals surface area contributed by atoms with E-state index >= 15 is 0 Å². The summed E-state index contributed by atoms with van der Waals surface area (Å²) in [6.45, 7) is 0.668. The van der Waals surface area contributed by atoms with Gasteiger partial charge in [-0.2, -0.15) is 0 Å². The van der Waals surface area contributed by atoms with Crippen LogP contribution in [-0.2, 0) is 13.6 Å². The number of aromatic nitrogens is 1. The van der Waals surface area contributed by atoms with Crippen molar-refractivity contribution in [3.05, 3.63) is 35.5 Å². The Kier molecular flexibility index (Phi) is 2.66. The van der Waals surface area contributed by atoms with Gasteiger partial charge in [0.15, 0.2) is 0 Å². The number of hydrogen-bond acceptors (Lipinski definition) is 2. The minimum atomic E-state index is -0.880. The van der Waals surface area contributed by atoms with Crippen molar-refractivity contribution < 1.29 is 9.90 Å². The monoisotopic (exact) mass is 218 g/mol. The molecule has 2 rings (SSSR count). The van der Waals surface area contributed by atoms with Crippen molar-refractivity contribution in [3.8, 4) is 0 Å². The van der Waals surface area contributed by atoms with E-state index in [4.69, 9.17) is 5.11 Å². The number of fused-ring (bicyclic) bond motifs is 1. The highest BCUT2D eigenvalue weighted by Gasteiger charge is 2.14. The zero-order valence-corrected chi connectivity index (χ0v) is 9.32. The van der Waals surface area contributed by atoms with Crippen molar-refractivity contribution in [2.45, 2.75) is 6.54 Å². The second kappa shape index (κ2) is 3.98. The first kappa shape index (κ1) is 10.7. The molecule has 0 unspecified atom stereocenters. The highest BCUT2D eigenvalue weighted by atomic mass is 16.4. The Labute approximate surface area is 93.5 Å². The first-order valence-electron chi connectivity index (χ1n) is 5.10. The van der Waals surface area contributed by atoms with Crippen LogP contribution in [0, 0.1) is 0 Å². The fraction of sp³-hybridized carbons (Fsp3) is 0.250. The van der Waals surface area contributed by atoms with Gasteiger partial charge in [-0.05, 0) is 24.7 Å². The number of aryl methyl sites for hydroxylation is 1. The number of carbonyl (C=O) groups is 1. The summed E-state index contributed by atoms with van der Waals surface area (Å²) in [5.74, 6) is -0.880. The summed E-state index contributed by atoms with van der Waals surface area (Å²) < 4.78 is 1.95. The molecule has 0 atom stereocenters. The average molecular weight is 218 g/mol. The zero-order chi connectivity index (χ0) is 11.7. The maximum absolute atomic E-state index is 11.2. The first-order valence-corrected chi connectivity index (χ1v) is 5.10. The van der Waals surface area contributed by atoms with E-state index < -0.39 is 5.97 Å². The SMILES string of the molecule is CNCc1cn(C)c2cccc(C(=O)O)c12. The number of benzene rings is 1. The van der Waals surface area contributed by atoms with Gasteiger partial charge in [-0.1, -0.05) is 6.07 Å². The largest absolute Gasteiger partial charge is 0.478 e. The third-order valence-electron chi connectivity index (χ3n) is 2.69. The molecule has 0 aliphatic heterocycles. The quantitative estimate of drug-likeness (QED) is 0.822. The van der Waals surface area contributed by atoms with Crippen molar-refractivity contribution in [1.29, 1.82) is 0 Å². The van der Waals surface area contributed by atoms with Crippen molar-refractivity contribution in [3.63, 3.8) is 0 Å². The van der Waals surface area contributed by atoms with E-state index in [1.54, 1.807) is 12.1 Å². The minimum absolute atomic E-state index is 0.364. The fourth-order valence-corrected chi connectivity index (χ4v) is 2.04. The smallest absolute Gasteiger partial charge is 0.336 e. The van der Waals surface area contributed by atoms with Crippen LogP contribution in [0.25, 0.3) is 10.9 Å². The van der Waals surface area contributed by atoms with Crippen LogP contribution in [-0.4, -0.2) is 22.7 Å². The van der Waals surface area contributed by atoms with Gasteiger partial charge in [0.2, 0.25) is 0 Å². The van der Waals surface area contributed by atoms with Crippen LogP contribution in [0.5, 0.6) is 0 Å². The van der Waals surface area contributed by atoms with Gasteiger partial charge < -0.3 is 15.0 Å². The number of carboxylic acids is 1. The predicted octanol–water partition coefficient (Wildman–Crippen LogP) is 1.60. The Morgan fingerprint density at radius 2 is 2.25 bits per heavy atom. The second-order valence-corrected chi connectivity index (χ2v) is 3.80.